The van der Waals surface area contributed by atoms with Gasteiger partial charge in [-0.1, -0.05) is 0 Å². The molecule has 0 bridgehead atoms. The van der Waals surface area contributed by atoms with E-state index >= 15 is 0 Å². The van der Waals surface area contributed by atoms with Gasteiger partial charge in [-0.3, -0.25) is 9.67 Å². The molecule has 0 saturated carbocycles. The van der Waals surface area contributed by atoms with Crippen LogP contribution in [0.4, 0.5) is 0 Å². The van der Waals surface area contributed by atoms with Crippen molar-refractivity contribution in [3.63, 3.8) is 0 Å². The second-order valence-electron chi connectivity index (χ2n) is 4.02. The van der Waals surface area contributed by atoms with Crippen molar-refractivity contribution in [1.29, 1.82) is 0 Å². The zero-order valence-corrected chi connectivity index (χ0v) is 11.3. The predicted molar refractivity (Wildman–Crippen MR) is 68.5 cm³/mol. The van der Waals surface area contributed by atoms with E-state index in [4.69, 9.17) is 0 Å². The minimum atomic E-state index is -0.574. The molecule has 1 atom stereocenters. The topological polar surface area (TPSA) is 50.9 Å². The first-order valence-corrected chi connectivity index (χ1v) is 6.14. The van der Waals surface area contributed by atoms with Gasteiger partial charge in [0.2, 0.25) is 0 Å². The first-order valence-electron chi connectivity index (χ1n) is 5.35. The van der Waals surface area contributed by atoms with Gasteiger partial charge in [-0.15, -0.1) is 0 Å². The summed E-state index contributed by atoms with van der Waals surface area (Å²) in [5.74, 6) is 0. The van der Waals surface area contributed by atoms with Crippen LogP contribution in [0.1, 0.15) is 23.2 Å². The summed E-state index contributed by atoms with van der Waals surface area (Å²) in [5, 5.41) is 14.3. The lowest BCUT2D eigenvalue weighted by Gasteiger charge is -2.10. The molecule has 2 aromatic heterocycles. The number of aryl methyl sites for hydroxylation is 2. The standard InChI is InChI=1S/C12H14BrN3O/c1-8-5-11(16(2)15-8)12(17)6-10-4-3-9(13)7-14-10/h3-5,7,12,17H,6H2,1-2H3. The summed E-state index contributed by atoms with van der Waals surface area (Å²) in [5.41, 5.74) is 2.58. The second-order valence-corrected chi connectivity index (χ2v) is 4.94. The Hall–Kier alpha value is -1.20. The highest BCUT2D eigenvalue weighted by Crippen LogP contribution is 2.18. The number of nitrogens with zero attached hydrogens (tertiary/aromatic N) is 3. The van der Waals surface area contributed by atoms with Crippen molar-refractivity contribution in [2.75, 3.05) is 0 Å². The van der Waals surface area contributed by atoms with Gasteiger partial charge >= 0.3 is 0 Å². The number of hydrogen-bond acceptors (Lipinski definition) is 3. The molecular formula is C12H14BrN3O. The Labute approximate surface area is 108 Å². The van der Waals surface area contributed by atoms with Crippen LogP contribution in [-0.4, -0.2) is 19.9 Å². The summed E-state index contributed by atoms with van der Waals surface area (Å²) in [6, 6.07) is 5.71. The average Bonchev–Trinajstić information content (AvgIpc) is 2.61. The molecule has 0 aliphatic rings. The predicted octanol–water partition coefficient (Wildman–Crippen LogP) is 2.16. The molecular weight excluding hydrogens is 282 g/mol. The lowest BCUT2D eigenvalue weighted by molar-refractivity contribution is 0.167. The Morgan fingerprint density at radius 2 is 2.24 bits per heavy atom. The molecule has 1 N–H and O–H groups in total. The van der Waals surface area contributed by atoms with Gasteiger partial charge < -0.3 is 5.11 Å². The third-order valence-corrected chi connectivity index (χ3v) is 3.04. The lowest BCUT2D eigenvalue weighted by atomic mass is 10.1. The maximum Gasteiger partial charge on any atom is 0.101 e. The van der Waals surface area contributed by atoms with Crippen LogP contribution in [0, 0.1) is 6.92 Å². The van der Waals surface area contributed by atoms with E-state index in [1.807, 2.05) is 32.2 Å². The van der Waals surface area contributed by atoms with E-state index in [-0.39, 0.29) is 0 Å². The Morgan fingerprint density at radius 1 is 1.47 bits per heavy atom. The highest BCUT2D eigenvalue weighted by Gasteiger charge is 2.14. The van der Waals surface area contributed by atoms with Crippen molar-refractivity contribution in [1.82, 2.24) is 14.8 Å². The Kier molecular flexibility index (Phi) is 3.59. The molecule has 90 valence electrons. The SMILES string of the molecule is Cc1cc(C(O)Cc2ccc(Br)cn2)n(C)n1. The summed E-state index contributed by atoms with van der Waals surface area (Å²) in [6.07, 6.45) is 1.65. The normalized spacial score (nSPS) is 12.7. The quantitative estimate of drug-likeness (QED) is 0.944. The smallest absolute Gasteiger partial charge is 0.101 e. The van der Waals surface area contributed by atoms with Gasteiger partial charge in [0.1, 0.15) is 6.10 Å². The summed E-state index contributed by atoms with van der Waals surface area (Å²) < 4.78 is 2.64. The summed E-state index contributed by atoms with van der Waals surface area (Å²) in [6.45, 7) is 1.91. The van der Waals surface area contributed by atoms with Crippen molar-refractivity contribution in [3.05, 3.63) is 46.0 Å². The average molecular weight is 296 g/mol. The second kappa shape index (κ2) is 4.98. The third kappa shape index (κ3) is 2.92. The molecule has 2 heterocycles. The molecule has 0 radical (unpaired) electrons. The number of aromatic nitrogens is 3. The van der Waals surface area contributed by atoms with Gasteiger partial charge in [-0.2, -0.15) is 5.10 Å². The molecule has 0 fully saturated rings. The fourth-order valence-corrected chi connectivity index (χ4v) is 2.01. The first kappa shape index (κ1) is 12.3. The van der Waals surface area contributed by atoms with Crippen molar-refractivity contribution >= 4 is 15.9 Å². The van der Waals surface area contributed by atoms with E-state index in [1.165, 1.54) is 0 Å². The molecule has 0 aliphatic carbocycles. The van der Waals surface area contributed by atoms with E-state index < -0.39 is 6.10 Å². The zero-order chi connectivity index (χ0) is 12.4. The molecule has 17 heavy (non-hydrogen) atoms. The van der Waals surface area contributed by atoms with E-state index in [9.17, 15) is 5.11 Å². The van der Waals surface area contributed by atoms with E-state index in [2.05, 4.69) is 26.0 Å². The molecule has 0 amide bonds. The van der Waals surface area contributed by atoms with Crippen molar-refractivity contribution in [2.45, 2.75) is 19.4 Å². The molecule has 0 saturated heterocycles. The maximum absolute atomic E-state index is 10.1. The number of aliphatic hydroxyl groups is 1. The highest BCUT2D eigenvalue weighted by atomic mass is 79.9. The Morgan fingerprint density at radius 3 is 2.76 bits per heavy atom. The van der Waals surface area contributed by atoms with Gasteiger partial charge in [-0.25, -0.2) is 0 Å². The third-order valence-electron chi connectivity index (χ3n) is 2.57. The van der Waals surface area contributed by atoms with Gasteiger partial charge in [-0.05, 0) is 41.1 Å². The summed E-state index contributed by atoms with van der Waals surface area (Å²) in [4.78, 5) is 4.24. The van der Waals surface area contributed by atoms with E-state index in [0.29, 0.717) is 6.42 Å². The van der Waals surface area contributed by atoms with Crippen LogP contribution < -0.4 is 0 Å². The van der Waals surface area contributed by atoms with E-state index in [1.54, 1.807) is 10.9 Å². The molecule has 1 unspecified atom stereocenters. The van der Waals surface area contributed by atoms with E-state index in [0.717, 1.165) is 21.6 Å². The van der Waals surface area contributed by atoms with Crippen LogP contribution in [0.15, 0.2) is 28.9 Å². The molecule has 4 nitrogen and oxygen atoms in total. The van der Waals surface area contributed by atoms with Crippen molar-refractivity contribution in [3.8, 4) is 0 Å². The number of rotatable bonds is 3. The molecule has 0 spiro atoms. The van der Waals surface area contributed by atoms with Gasteiger partial charge in [0, 0.05) is 29.8 Å². The molecule has 2 aromatic rings. The number of aliphatic hydroxyl groups excluding tert-OH is 1. The number of pyridine rings is 1. The molecule has 0 aromatic carbocycles. The fourth-order valence-electron chi connectivity index (χ4n) is 1.77. The molecule has 0 aliphatic heterocycles. The van der Waals surface area contributed by atoms with Crippen LogP contribution in [-0.2, 0) is 13.5 Å². The van der Waals surface area contributed by atoms with Crippen molar-refractivity contribution < 1.29 is 5.11 Å². The fraction of sp³-hybridized carbons (Fsp3) is 0.333. The minimum Gasteiger partial charge on any atom is -0.386 e. The first-order chi connectivity index (χ1) is 8.06. The van der Waals surface area contributed by atoms with Crippen LogP contribution >= 0.6 is 15.9 Å². The largest absolute Gasteiger partial charge is 0.386 e. The summed E-state index contributed by atoms with van der Waals surface area (Å²) >= 11 is 3.33. The van der Waals surface area contributed by atoms with Crippen LogP contribution in [0.2, 0.25) is 0 Å². The summed E-state index contributed by atoms with van der Waals surface area (Å²) in [7, 11) is 1.83. The van der Waals surface area contributed by atoms with Crippen molar-refractivity contribution in [2.24, 2.45) is 7.05 Å². The zero-order valence-electron chi connectivity index (χ0n) is 9.76. The van der Waals surface area contributed by atoms with Gasteiger partial charge in [0.15, 0.2) is 0 Å². The minimum absolute atomic E-state index is 0.492. The van der Waals surface area contributed by atoms with Crippen LogP contribution in [0.25, 0.3) is 0 Å². The van der Waals surface area contributed by atoms with Gasteiger partial charge in [0.25, 0.3) is 0 Å². The van der Waals surface area contributed by atoms with Crippen LogP contribution in [0.5, 0.6) is 0 Å². The Balaban J connectivity index is 2.14. The molecule has 5 heteroatoms. The lowest BCUT2D eigenvalue weighted by Crippen LogP contribution is -2.08. The van der Waals surface area contributed by atoms with Crippen LogP contribution in [0.3, 0.4) is 0 Å². The van der Waals surface area contributed by atoms with Gasteiger partial charge in [0.05, 0.1) is 11.4 Å². The monoisotopic (exact) mass is 295 g/mol. The number of hydrogen-bond donors (Lipinski definition) is 1. The highest BCUT2D eigenvalue weighted by molar-refractivity contribution is 9.10. The molecule has 2 rings (SSSR count). The Bertz CT molecular complexity index is 507. The maximum atomic E-state index is 10.1. The number of halogens is 1.